The van der Waals surface area contributed by atoms with Crippen LogP contribution in [0.5, 0.6) is 0 Å². The number of benzene rings is 7. The number of hydrogen-bond donors (Lipinski definition) is 0. The van der Waals surface area contributed by atoms with E-state index in [9.17, 15) is 0 Å². The second-order valence-corrected chi connectivity index (χ2v) is 13.8. The van der Waals surface area contributed by atoms with Crippen LogP contribution in [0.15, 0.2) is 162 Å². The zero-order chi connectivity index (χ0) is 33.5. The van der Waals surface area contributed by atoms with Crippen LogP contribution in [0.2, 0.25) is 0 Å². The minimum Gasteiger partial charge on any atom is -0.455 e. The highest BCUT2D eigenvalue weighted by molar-refractivity contribution is 7.26. The van der Waals surface area contributed by atoms with Gasteiger partial charge in [-0.15, -0.1) is 11.3 Å². The zero-order valence-electron chi connectivity index (χ0n) is 27.1. The molecule has 0 saturated heterocycles. The Morgan fingerprint density at radius 3 is 1.69 bits per heavy atom. The summed E-state index contributed by atoms with van der Waals surface area (Å²) in [6.07, 6.45) is 0. The van der Waals surface area contributed by atoms with Gasteiger partial charge in [0, 0.05) is 53.7 Å². The van der Waals surface area contributed by atoms with Gasteiger partial charge in [0.05, 0.1) is 21.4 Å². The van der Waals surface area contributed by atoms with Gasteiger partial charge in [-0.05, 0) is 42.5 Å². The average Bonchev–Trinajstić information content (AvgIpc) is 3.88. The molecule has 0 amide bonds. The molecule has 0 bridgehead atoms. The zero-order valence-corrected chi connectivity index (χ0v) is 27.9. The molecule has 5 nitrogen and oxygen atoms in total. The molecule has 0 aliphatic carbocycles. The SMILES string of the molecule is c1ccc(-c2nc(-c3ccccc3)nc(-c3ccc4c(c3)oc3c4ccc4sc5c(-n6c7ccccc7c7ccccc76)cccc5c43)n2)cc1. The third-order valence-electron chi connectivity index (χ3n) is 9.86. The Morgan fingerprint density at radius 1 is 0.451 bits per heavy atom. The standard InChI is InChI=1S/C45H26N4OS/c1-3-12-27(13-4-1)43-46-44(28-14-5-2-6-15-28)48-45(47-43)29-22-23-32-33-24-25-39-40(41(33)50-38(32)26-29)34-18-11-21-37(42(34)51-39)49-35-19-9-7-16-30(35)31-17-8-10-20-36(31)49/h1-26H. The molecular formula is C45H26N4OS. The lowest BCUT2D eigenvalue weighted by Crippen LogP contribution is -2.00. The second kappa shape index (κ2) is 10.9. The summed E-state index contributed by atoms with van der Waals surface area (Å²) in [5.74, 6) is 1.87. The van der Waals surface area contributed by atoms with E-state index in [0.29, 0.717) is 17.5 Å². The maximum atomic E-state index is 6.82. The largest absolute Gasteiger partial charge is 0.455 e. The summed E-state index contributed by atoms with van der Waals surface area (Å²) in [4.78, 5) is 14.8. The van der Waals surface area contributed by atoms with Crippen LogP contribution in [0.1, 0.15) is 0 Å². The summed E-state index contributed by atoms with van der Waals surface area (Å²) in [6, 6.07) is 54.8. The Kier molecular flexibility index (Phi) is 6.05. The topological polar surface area (TPSA) is 56.7 Å². The Balaban J connectivity index is 1.11. The van der Waals surface area contributed by atoms with Crippen molar-refractivity contribution in [2.45, 2.75) is 0 Å². The van der Waals surface area contributed by atoms with Gasteiger partial charge in [-0.1, -0.05) is 115 Å². The highest BCUT2D eigenvalue weighted by atomic mass is 32.1. The number of para-hydroxylation sites is 2. The molecule has 0 unspecified atom stereocenters. The quantitative estimate of drug-likeness (QED) is 0.187. The van der Waals surface area contributed by atoms with Crippen molar-refractivity contribution in [1.82, 2.24) is 19.5 Å². The van der Waals surface area contributed by atoms with Crippen LogP contribution in [-0.2, 0) is 0 Å². The van der Waals surface area contributed by atoms with Gasteiger partial charge in [0.2, 0.25) is 0 Å². The molecule has 51 heavy (non-hydrogen) atoms. The lowest BCUT2D eigenvalue weighted by atomic mass is 10.1. The van der Waals surface area contributed by atoms with E-state index >= 15 is 0 Å². The van der Waals surface area contributed by atoms with E-state index in [-0.39, 0.29) is 0 Å². The highest BCUT2D eigenvalue weighted by Gasteiger charge is 2.20. The number of thiophene rings is 1. The fourth-order valence-corrected chi connectivity index (χ4v) is 8.74. The molecule has 11 aromatic rings. The van der Waals surface area contributed by atoms with Crippen LogP contribution < -0.4 is 0 Å². The molecule has 238 valence electrons. The molecule has 0 radical (unpaired) electrons. The molecule has 11 rings (SSSR count). The van der Waals surface area contributed by atoms with Gasteiger partial charge >= 0.3 is 0 Å². The van der Waals surface area contributed by atoms with E-state index in [0.717, 1.165) is 44.0 Å². The predicted octanol–water partition coefficient (Wildman–Crippen LogP) is 12.2. The molecular weight excluding hydrogens is 645 g/mol. The summed E-state index contributed by atoms with van der Waals surface area (Å²) in [7, 11) is 0. The summed E-state index contributed by atoms with van der Waals surface area (Å²) in [6.45, 7) is 0. The van der Waals surface area contributed by atoms with Crippen molar-refractivity contribution in [3.63, 3.8) is 0 Å². The summed E-state index contributed by atoms with van der Waals surface area (Å²) >= 11 is 1.82. The Labute approximate surface area is 295 Å². The first-order chi connectivity index (χ1) is 25.3. The normalized spacial score (nSPS) is 11.9. The minimum absolute atomic E-state index is 0.604. The number of aromatic nitrogens is 4. The van der Waals surface area contributed by atoms with Gasteiger partial charge in [0.25, 0.3) is 0 Å². The van der Waals surface area contributed by atoms with Gasteiger partial charge in [0.15, 0.2) is 17.5 Å². The van der Waals surface area contributed by atoms with Crippen molar-refractivity contribution in [1.29, 1.82) is 0 Å². The first-order valence-corrected chi connectivity index (χ1v) is 17.8. The van der Waals surface area contributed by atoms with Crippen molar-refractivity contribution in [2.75, 3.05) is 0 Å². The van der Waals surface area contributed by atoms with Gasteiger partial charge < -0.3 is 8.98 Å². The number of furan rings is 1. The maximum Gasteiger partial charge on any atom is 0.164 e. The Morgan fingerprint density at radius 2 is 1.02 bits per heavy atom. The molecule has 0 saturated carbocycles. The van der Waals surface area contributed by atoms with Crippen molar-refractivity contribution < 1.29 is 4.42 Å². The molecule has 0 aliphatic heterocycles. The minimum atomic E-state index is 0.604. The Bertz CT molecular complexity index is 3030. The summed E-state index contributed by atoms with van der Waals surface area (Å²) < 4.78 is 11.7. The number of rotatable bonds is 4. The second-order valence-electron chi connectivity index (χ2n) is 12.8. The maximum absolute atomic E-state index is 6.82. The lowest BCUT2D eigenvalue weighted by molar-refractivity contribution is 0.673. The molecule has 0 spiro atoms. The smallest absolute Gasteiger partial charge is 0.164 e. The van der Waals surface area contributed by atoms with Crippen molar-refractivity contribution in [3.8, 4) is 39.9 Å². The van der Waals surface area contributed by atoms with Gasteiger partial charge in [-0.2, -0.15) is 0 Å². The number of fused-ring (bicyclic) bond motifs is 10. The fourth-order valence-electron chi connectivity index (χ4n) is 7.54. The van der Waals surface area contributed by atoms with E-state index in [2.05, 4.69) is 102 Å². The van der Waals surface area contributed by atoms with E-state index in [4.69, 9.17) is 19.4 Å². The van der Waals surface area contributed by atoms with E-state index in [1.54, 1.807) is 0 Å². The molecule has 0 N–H and O–H groups in total. The van der Waals surface area contributed by atoms with Crippen molar-refractivity contribution >= 4 is 75.3 Å². The molecule has 4 heterocycles. The van der Waals surface area contributed by atoms with Crippen LogP contribution in [0.4, 0.5) is 0 Å². The third kappa shape index (κ3) is 4.30. The fraction of sp³-hybridized carbons (Fsp3) is 0. The molecule has 6 heteroatoms. The first-order valence-electron chi connectivity index (χ1n) is 16.9. The van der Waals surface area contributed by atoms with E-state index < -0.39 is 0 Å². The number of nitrogens with zero attached hydrogens (tertiary/aromatic N) is 4. The van der Waals surface area contributed by atoms with Crippen molar-refractivity contribution in [3.05, 3.63) is 158 Å². The van der Waals surface area contributed by atoms with Crippen LogP contribution >= 0.6 is 11.3 Å². The first kappa shape index (κ1) is 28.2. The van der Waals surface area contributed by atoms with Crippen LogP contribution in [0.25, 0.3) is 104 Å². The molecule has 0 fully saturated rings. The molecule has 7 aromatic carbocycles. The van der Waals surface area contributed by atoms with Gasteiger partial charge in [0.1, 0.15) is 11.2 Å². The molecule has 0 aliphatic rings. The monoisotopic (exact) mass is 670 g/mol. The number of hydrogen-bond acceptors (Lipinski definition) is 5. The lowest BCUT2D eigenvalue weighted by Gasteiger charge is -2.09. The summed E-state index contributed by atoms with van der Waals surface area (Å²) in [5, 5.41) is 7.01. The molecule has 4 aromatic heterocycles. The Hall–Kier alpha value is -6.63. The molecule has 0 atom stereocenters. The van der Waals surface area contributed by atoms with Crippen LogP contribution in [-0.4, -0.2) is 19.5 Å². The van der Waals surface area contributed by atoms with Gasteiger partial charge in [-0.25, -0.2) is 15.0 Å². The predicted molar refractivity (Wildman–Crippen MR) is 211 cm³/mol. The van der Waals surface area contributed by atoms with Crippen molar-refractivity contribution in [2.24, 2.45) is 0 Å². The van der Waals surface area contributed by atoms with Crippen LogP contribution in [0, 0.1) is 0 Å². The summed E-state index contributed by atoms with van der Waals surface area (Å²) in [5.41, 5.74) is 8.04. The third-order valence-corrected chi connectivity index (χ3v) is 11.1. The van der Waals surface area contributed by atoms with E-state index in [1.165, 1.54) is 42.3 Å². The van der Waals surface area contributed by atoms with Gasteiger partial charge in [-0.3, -0.25) is 0 Å². The highest BCUT2D eigenvalue weighted by Crippen LogP contribution is 2.45. The van der Waals surface area contributed by atoms with E-state index in [1.807, 2.05) is 72.0 Å². The average molecular weight is 671 g/mol. The van der Waals surface area contributed by atoms with Crippen LogP contribution in [0.3, 0.4) is 0 Å².